The number of methoxy groups -OCH3 is 1. The van der Waals surface area contributed by atoms with Crippen LogP contribution in [0.5, 0.6) is 5.75 Å². The minimum atomic E-state index is -3.08. The summed E-state index contributed by atoms with van der Waals surface area (Å²) in [6, 6.07) is 8.96. The lowest BCUT2D eigenvalue weighted by Gasteiger charge is -2.13. The van der Waals surface area contributed by atoms with Gasteiger partial charge in [0.2, 0.25) is 0 Å². The molecular weight excluding hydrogens is 414 g/mol. The maximum atomic E-state index is 12.8. The highest BCUT2D eigenvalue weighted by Crippen LogP contribution is 2.31. The van der Waals surface area contributed by atoms with Crippen LogP contribution >= 0.6 is 0 Å². The zero-order chi connectivity index (χ0) is 21.8. The zero-order valence-corrected chi connectivity index (χ0v) is 18.7. The van der Waals surface area contributed by atoms with Gasteiger partial charge in [-0.3, -0.25) is 9.48 Å². The van der Waals surface area contributed by atoms with Crippen LogP contribution in [-0.4, -0.2) is 49.3 Å². The van der Waals surface area contributed by atoms with E-state index in [2.05, 4.69) is 16.5 Å². The third-order valence-corrected chi connectivity index (χ3v) is 7.78. The minimum Gasteiger partial charge on any atom is -0.497 e. The number of carbonyl (C=O) groups is 1. The van der Waals surface area contributed by atoms with Gasteiger partial charge in [0.15, 0.2) is 15.5 Å². The Morgan fingerprint density at radius 2 is 2.06 bits per heavy atom. The predicted molar refractivity (Wildman–Crippen MR) is 120 cm³/mol. The molecule has 1 aliphatic carbocycles. The summed E-state index contributed by atoms with van der Waals surface area (Å²) in [7, 11) is -1.47. The number of nitrogens with one attached hydrogen (secondary N) is 1. The minimum absolute atomic E-state index is 0.0487. The molecule has 2 heterocycles. The summed E-state index contributed by atoms with van der Waals surface area (Å²) in [5.74, 6) is 0.697. The Bertz CT molecular complexity index is 1070. The van der Waals surface area contributed by atoms with Gasteiger partial charge in [-0.15, -0.1) is 0 Å². The average molecular weight is 444 g/mol. The highest BCUT2D eigenvalue weighted by atomic mass is 32.2. The number of allylic oxidation sites excluding steroid dienone is 1. The summed E-state index contributed by atoms with van der Waals surface area (Å²) >= 11 is 0. The molecule has 1 amide bonds. The molecule has 4 rings (SSSR count). The number of benzene rings is 1. The third-order valence-electron chi connectivity index (χ3n) is 6.03. The van der Waals surface area contributed by atoms with Crippen molar-refractivity contribution in [2.75, 3.05) is 25.2 Å². The van der Waals surface area contributed by atoms with Crippen LogP contribution in [-0.2, 0) is 9.84 Å². The second kappa shape index (κ2) is 9.26. The molecule has 0 saturated carbocycles. The predicted octanol–water partition coefficient (Wildman–Crippen LogP) is 3.54. The van der Waals surface area contributed by atoms with E-state index in [1.165, 1.54) is 18.4 Å². The van der Waals surface area contributed by atoms with Crippen LogP contribution in [0.1, 0.15) is 55.1 Å². The molecular formula is C23H29N3O4S. The first-order chi connectivity index (χ1) is 14.9. The summed E-state index contributed by atoms with van der Waals surface area (Å²) in [6.45, 7) is 0.577. The van der Waals surface area contributed by atoms with E-state index in [0.717, 1.165) is 36.3 Å². The lowest BCUT2D eigenvalue weighted by Crippen LogP contribution is -2.25. The van der Waals surface area contributed by atoms with Crippen molar-refractivity contribution in [1.82, 2.24) is 15.1 Å². The summed E-state index contributed by atoms with van der Waals surface area (Å²) in [5, 5.41) is 7.51. The number of nitrogens with zero attached hydrogens (tertiary/aromatic N) is 2. The van der Waals surface area contributed by atoms with Crippen LogP contribution < -0.4 is 10.1 Å². The number of ether oxygens (including phenoxy) is 1. The smallest absolute Gasteiger partial charge is 0.271 e. The van der Waals surface area contributed by atoms with Gasteiger partial charge in [0.25, 0.3) is 5.91 Å². The third kappa shape index (κ3) is 5.18. The number of carbonyl (C=O) groups excluding carboxylic acids is 1. The number of amides is 1. The van der Waals surface area contributed by atoms with E-state index >= 15 is 0 Å². The van der Waals surface area contributed by atoms with Crippen LogP contribution in [0.25, 0.3) is 11.3 Å². The first kappa shape index (κ1) is 21.6. The Kier molecular flexibility index (Phi) is 6.46. The molecule has 2 aromatic rings. The lowest BCUT2D eigenvalue weighted by atomic mass is 9.97. The maximum absolute atomic E-state index is 12.8. The van der Waals surface area contributed by atoms with E-state index < -0.39 is 9.84 Å². The summed E-state index contributed by atoms with van der Waals surface area (Å²) in [6.07, 6.45) is 8.36. The second-order valence-corrected chi connectivity index (χ2v) is 10.5. The van der Waals surface area contributed by atoms with E-state index in [-0.39, 0.29) is 23.5 Å². The van der Waals surface area contributed by atoms with Gasteiger partial charge in [0.1, 0.15) is 5.75 Å². The largest absolute Gasteiger partial charge is 0.497 e. The van der Waals surface area contributed by atoms with Crippen LogP contribution in [0.15, 0.2) is 42.0 Å². The zero-order valence-electron chi connectivity index (χ0n) is 17.8. The first-order valence-electron chi connectivity index (χ1n) is 10.9. The maximum Gasteiger partial charge on any atom is 0.271 e. The van der Waals surface area contributed by atoms with Crippen molar-refractivity contribution < 1.29 is 17.9 Å². The summed E-state index contributed by atoms with van der Waals surface area (Å²) in [4.78, 5) is 12.8. The van der Waals surface area contributed by atoms with Gasteiger partial charge in [0, 0.05) is 12.1 Å². The standard InChI is InChI=1S/C23H29N3O4S/c1-30-20-9-7-18(8-10-20)22-15-21(25-26(22)19-12-14-31(28,29)16-19)23(27)24-13-11-17-5-3-2-4-6-17/h5,7-10,15,19H,2-4,6,11-14,16H2,1H3,(H,24,27)/t19-/m1/s1. The van der Waals surface area contributed by atoms with Crippen molar-refractivity contribution in [2.24, 2.45) is 0 Å². The lowest BCUT2D eigenvalue weighted by molar-refractivity contribution is 0.0948. The number of hydrogen-bond donors (Lipinski definition) is 1. The van der Waals surface area contributed by atoms with Gasteiger partial charge in [-0.05, 0) is 68.9 Å². The number of aromatic nitrogens is 2. The van der Waals surface area contributed by atoms with Crippen molar-refractivity contribution >= 4 is 15.7 Å². The molecule has 0 unspecified atom stereocenters. The van der Waals surface area contributed by atoms with Gasteiger partial charge in [0.05, 0.1) is 30.4 Å². The fourth-order valence-corrected chi connectivity index (χ4v) is 5.98. The number of sulfone groups is 1. The molecule has 0 radical (unpaired) electrons. The average Bonchev–Trinajstić information content (AvgIpc) is 3.38. The van der Waals surface area contributed by atoms with E-state index in [4.69, 9.17) is 4.74 Å². The topological polar surface area (TPSA) is 90.3 Å². The fraction of sp³-hybridized carbons (Fsp3) is 0.478. The number of hydrogen-bond acceptors (Lipinski definition) is 5. The van der Waals surface area contributed by atoms with Gasteiger partial charge in [-0.25, -0.2) is 8.42 Å². The summed E-state index contributed by atoms with van der Waals surface area (Å²) in [5.41, 5.74) is 3.33. The van der Waals surface area contributed by atoms with Crippen molar-refractivity contribution in [3.05, 3.63) is 47.7 Å². The van der Waals surface area contributed by atoms with Crippen LogP contribution in [0.2, 0.25) is 0 Å². The van der Waals surface area contributed by atoms with E-state index in [9.17, 15) is 13.2 Å². The highest BCUT2D eigenvalue weighted by Gasteiger charge is 2.32. The highest BCUT2D eigenvalue weighted by molar-refractivity contribution is 7.91. The van der Waals surface area contributed by atoms with E-state index in [1.807, 2.05) is 24.3 Å². The SMILES string of the molecule is COc1ccc(-c2cc(C(=O)NCCC3=CCCCC3)nn2[C@@H]2CCS(=O)(=O)C2)cc1. The first-order valence-corrected chi connectivity index (χ1v) is 12.7. The van der Waals surface area contributed by atoms with Gasteiger partial charge in [-0.1, -0.05) is 11.6 Å². The molecule has 1 fully saturated rings. The molecule has 0 spiro atoms. The monoisotopic (exact) mass is 443 g/mol. The van der Waals surface area contributed by atoms with Crippen LogP contribution in [0.4, 0.5) is 0 Å². The van der Waals surface area contributed by atoms with Crippen LogP contribution in [0.3, 0.4) is 0 Å². The van der Waals surface area contributed by atoms with E-state index in [1.54, 1.807) is 17.9 Å². The molecule has 8 heteroatoms. The number of rotatable bonds is 7. The molecule has 0 bridgehead atoms. The second-order valence-electron chi connectivity index (χ2n) is 8.26. The molecule has 1 aromatic carbocycles. The molecule has 1 aromatic heterocycles. The Hall–Kier alpha value is -2.61. The van der Waals surface area contributed by atoms with E-state index in [0.29, 0.717) is 18.7 Å². The molecule has 1 N–H and O–H groups in total. The van der Waals surface area contributed by atoms with Crippen molar-refractivity contribution in [1.29, 1.82) is 0 Å². The van der Waals surface area contributed by atoms with Gasteiger partial charge >= 0.3 is 0 Å². The molecule has 1 saturated heterocycles. The van der Waals surface area contributed by atoms with Gasteiger partial charge in [-0.2, -0.15) is 5.10 Å². The van der Waals surface area contributed by atoms with Crippen LogP contribution in [0, 0.1) is 0 Å². The molecule has 166 valence electrons. The van der Waals surface area contributed by atoms with Crippen molar-refractivity contribution in [2.45, 2.75) is 44.6 Å². The Morgan fingerprint density at radius 3 is 2.71 bits per heavy atom. The van der Waals surface area contributed by atoms with Crippen molar-refractivity contribution in [3.63, 3.8) is 0 Å². The molecule has 2 aliphatic rings. The Labute approximate surface area is 183 Å². The molecule has 1 aliphatic heterocycles. The normalized spacial score (nSPS) is 20.3. The summed E-state index contributed by atoms with van der Waals surface area (Å²) < 4.78 is 31.0. The Morgan fingerprint density at radius 1 is 1.26 bits per heavy atom. The molecule has 31 heavy (non-hydrogen) atoms. The van der Waals surface area contributed by atoms with Crippen molar-refractivity contribution in [3.8, 4) is 17.0 Å². The Balaban J connectivity index is 1.54. The fourth-order valence-electron chi connectivity index (χ4n) is 4.29. The molecule has 1 atom stereocenters. The molecule has 7 nitrogen and oxygen atoms in total. The quantitative estimate of drug-likeness (QED) is 0.661. The van der Waals surface area contributed by atoms with Gasteiger partial charge < -0.3 is 10.1 Å².